The molecule has 3 rings (SSSR count). The number of imidazole rings is 1. The second kappa shape index (κ2) is 6.88. The molecule has 2 heterocycles. The van der Waals surface area contributed by atoms with Crippen LogP contribution in [0.5, 0.6) is 0 Å². The average molecular weight is 340 g/mol. The Morgan fingerprint density at radius 3 is 2.56 bits per heavy atom. The van der Waals surface area contributed by atoms with Crippen molar-refractivity contribution in [1.82, 2.24) is 18.7 Å². The monoisotopic (exact) mass is 340 g/mol. The van der Waals surface area contributed by atoms with Gasteiger partial charge in [0.2, 0.25) is 0 Å². The molecule has 0 saturated heterocycles. The molecule has 0 unspecified atom stereocenters. The summed E-state index contributed by atoms with van der Waals surface area (Å²) in [6.07, 6.45) is 2.39. The Balaban J connectivity index is 2.07. The fourth-order valence-corrected chi connectivity index (χ4v) is 2.91. The first-order valence-electron chi connectivity index (χ1n) is 8.17. The Hall–Kier alpha value is -2.96. The maximum atomic E-state index is 12.9. The van der Waals surface area contributed by atoms with Gasteiger partial charge in [-0.2, -0.15) is 0 Å². The third-order valence-corrected chi connectivity index (χ3v) is 4.21. The van der Waals surface area contributed by atoms with E-state index in [0.29, 0.717) is 30.6 Å². The predicted octanol–water partition coefficient (Wildman–Crippen LogP) is 1.31. The largest absolute Gasteiger partial charge is 0.332 e. The molecule has 0 atom stereocenters. The molecule has 7 heteroatoms. The van der Waals surface area contributed by atoms with Crippen LogP contribution in [0.15, 0.2) is 46.2 Å². The first kappa shape index (κ1) is 16.9. The van der Waals surface area contributed by atoms with Crippen LogP contribution in [-0.4, -0.2) is 24.5 Å². The number of carbonyl (C=O) groups excluding carboxylic acids is 1. The zero-order valence-electron chi connectivity index (χ0n) is 14.3. The molecule has 0 saturated carbocycles. The number of fused-ring (bicyclic) bond motifs is 1. The van der Waals surface area contributed by atoms with E-state index in [2.05, 4.69) is 4.98 Å². The quantitative estimate of drug-likeness (QED) is 0.678. The standard InChI is InChI=1S/C18H20N4O3/c1-13(23)7-6-10-22-17(24)15-16(20(2)18(22)25)19-12-21(15)11-14-8-4-3-5-9-14/h3-5,8-9,12H,6-7,10-11H2,1-2H3. The van der Waals surface area contributed by atoms with Crippen molar-refractivity contribution in [3.63, 3.8) is 0 Å². The lowest BCUT2D eigenvalue weighted by atomic mass is 10.2. The molecular formula is C18H20N4O3. The highest BCUT2D eigenvalue weighted by Gasteiger charge is 2.16. The highest BCUT2D eigenvalue weighted by molar-refractivity contribution is 5.75. The van der Waals surface area contributed by atoms with Gasteiger partial charge in [-0.25, -0.2) is 9.78 Å². The Bertz CT molecular complexity index is 1030. The summed E-state index contributed by atoms with van der Waals surface area (Å²) < 4.78 is 4.33. The van der Waals surface area contributed by atoms with Crippen LogP contribution in [0.3, 0.4) is 0 Å². The van der Waals surface area contributed by atoms with Gasteiger partial charge in [0.15, 0.2) is 11.2 Å². The SMILES string of the molecule is CC(=O)CCCn1c(=O)c2c(ncn2Cc2ccccc2)n(C)c1=O. The van der Waals surface area contributed by atoms with Gasteiger partial charge < -0.3 is 9.36 Å². The van der Waals surface area contributed by atoms with E-state index in [4.69, 9.17) is 0 Å². The van der Waals surface area contributed by atoms with Crippen LogP contribution in [0.25, 0.3) is 11.2 Å². The van der Waals surface area contributed by atoms with Gasteiger partial charge in [0, 0.05) is 26.6 Å². The third kappa shape index (κ3) is 3.31. The number of hydrogen-bond acceptors (Lipinski definition) is 4. The van der Waals surface area contributed by atoms with Crippen molar-refractivity contribution in [2.24, 2.45) is 7.05 Å². The Kier molecular flexibility index (Phi) is 4.65. The smallest absolute Gasteiger partial charge is 0.320 e. The van der Waals surface area contributed by atoms with E-state index in [1.54, 1.807) is 17.9 Å². The van der Waals surface area contributed by atoms with Gasteiger partial charge in [0.1, 0.15) is 5.78 Å². The fraction of sp³-hybridized carbons (Fsp3) is 0.333. The summed E-state index contributed by atoms with van der Waals surface area (Å²) in [7, 11) is 1.60. The van der Waals surface area contributed by atoms with Crippen molar-refractivity contribution in [3.05, 3.63) is 63.1 Å². The summed E-state index contributed by atoms with van der Waals surface area (Å²) >= 11 is 0. The highest BCUT2D eigenvalue weighted by atomic mass is 16.2. The van der Waals surface area contributed by atoms with Crippen molar-refractivity contribution < 1.29 is 4.79 Å². The zero-order valence-corrected chi connectivity index (χ0v) is 14.3. The Morgan fingerprint density at radius 1 is 1.16 bits per heavy atom. The molecule has 0 radical (unpaired) electrons. The molecule has 0 aliphatic rings. The number of rotatable bonds is 6. The van der Waals surface area contributed by atoms with E-state index >= 15 is 0 Å². The van der Waals surface area contributed by atoms with Gasteiger partial charge in [-0.05, 0) is 18.9 Å². The molecule has 0 bridgehead atoms. The minimum absolute atomic E-state index is 0.0417. The maximum Gasteiger partial charge on any atom is 0.332 e. The maximum absolute atomic E-state index is 12.9. The van der Waals surface area contributed by atoms with Gasteiger partial charge >= 0.3 is 5.69 Å². The molecule has 2 aromatic heterocycles. The number of nitrogens with zero attached hydrogens (tertiary/aromatic N) is 4. The van der Waals surface area contributed by atoms with E-state index in [9.17, 15) is 14.4 Å². The molecule has 0 amide bonds. The number of carbonyl (C=O) groups is 1. The van der Waals surface area contributed by atoms with E-state index < -0.39 is 5.69 Å². The number of aromatic nitrogens is 4. The summed E-state index contributed by atoms with van der Waals surface area (Å²) in [6.45, 7) is 2.22. The van der Waals surface area contributed by atoms with Crippen molar-refractivity contribution in [1.29, 1.82) is 0 Å². The number of Topliss-reactive ketones (excluding diaryl/α,β-unsaturated/α-hetero) is 1. The van der Waals surface area contributed by atoms with Crippen LogP contribution in [0.4, 0.5) is 0 Å². The molecular weight excluding hydrogens is 320 g/mol. The van der Waals surface area contributed by atoms with E-state index in [0.717, 1.165) is 5.56 Å². The molecule has 0 aliphatic carbocycles. The normalized spacial score (nSPS) is 11.1. The van der Waals surface area contributed by atoms with Crippen molar-refractivity contribution in [3.8, 4) is 0 Å². The van der Waals surface area contributed by atoms with Crippen LogP contribution < -0.4 is 11.2 Å². The first-order chi connectivity index (χ1) is 12.0. The van der Waals surface area contributed by atoms with Gasteiger partial charge in [-0.15, -0.1) is 0 Å². The summed E-state index contributed by atoms with van der Waals surface area (Å²) in [5.74, 6) is 0.0417. The summed E-state index contributed by atoms with van der Waals surface area (Å²) in [5, 5.41) is 0. The molecule has 0 N–H and O–H groups in total. The molecule has 0 aliphatic heterocycles. The molecule has 0 spiro atoms. The van der Waals surface area contributed by atoms with Crippen LogP contribution >= 0.6 is 0 Å². The third-order valence-electron chi connectivity index (χ3n) is 4.21. The minimum Gasteiger partial charge on any atom is -0.320 e. The molecule has 0 fully saturated rings. The fourth-order valence-electron chi connectivity index (χ4n) is 2.91. The Labute approximate surface area is 144 Å². The van der Waals surface area contributed by atoms with E-state index in [-0.39, 0.29) is 17.9 Å². The molecule has 25 heavy (non-hydrogen) atoms. The van der Waals surface area contributed by atoms with Gasteiger partial charge in [-0.1, -0.05) is 30.3 Å². The lowest BCUT2D eigenvalue weighted by molar-refractivity contribution is -0.117. The Morgan fingerprint density at radius 2 is 1.88 bits per heavy atom. The van der Waals surface area contributed by atoms with Crippen LogP contribution in [0, 0.1) is 0 Å². The minimum atomic E-state index is -0.411. The number of ketones is 1. The van der Waals surface area contributed by atoms with E-state index in [1.165, 1.54) is 16.1 Å². The summed E-state index contributed by atoms with van der Waals surface area (Å²) in [4.78, 5) is 40.7. The number of benzene rings is 1. The van der Waals surface area contributed by atoms with E-state index in [1.807, 2.05) is 30.3 Å². The van der Waals surface area contributed by atoms with Crippen molar-refractivity contribution >= 4 is 16.9 Å². The lowest BCUT2D eigenvalue weighted by Crippen LogP contribution is -2.39. The van der Waals surface area contributed by atoms with Crippen molar-refractivity contribution in [2.75, 3.05) is 0 Å². The second-order valence-electron chi connectivity index (χ2n) is 6.13. The number of aryl methyl sites for hydroxylation is 1. The average Bonchev–Trinajstić information content (AvgIpc) is 3.00. The number of hydrogen-bond donors (Lipinski definition) is 0. The van der Waals surface area contributed by atoms with Crippen LogP contribution in [-0.2, 0) is 24.9 Å². The van der Waals surface area contributed by atoms with Gasteiger partial charge in [0.05, 0.1) is 6.33 Å². The van der Waals surface area contributed by atoms with Gasteiger partial charge in [-0.3, -0.25) is 13.9 Å². The van der Waals surface area contributed by atoms with Crippen molar-refractivity contribution in [2.45, 2.75) is 32.9 Å². The molecule has 3 aromatic rings. The van der Waals surface area contributed by atoms with Crippen LogP contribution in [0.2, 0.25) is 0 Å². The molecule has 130 valence electrons. The molecule has 1 aromatic carbocycles. The summed E-state index contributed by atoms with van der Waals surface area (Å²) in [6, 6.07) is 9.74. The highest BCUT2D eigenvalue weighted by Crippen LogP contribution is 2.09. The zero-order chi connectivity index (χ0) is 18.0. The lowest BCUT2D eigenvalue weighted by Gasteiger charge is -2.09. The first-order valence-corrected chi connectivity index (χ1v) is 8.17. The second-order valence-corrected chi connectivity index (χ2v) is 6.13. The van der Waals surface area contributed by atoms with Gasteiger partial charge in [0.25, 0.3) is 5.56 Å². The molecule has 7 nitrogen and oxygen atoms in total. The summed E-state index contributed by atoms with van der Waals surface area (Å²) in [5.41, 5.74) is 1.03. The topological polar surface area (TPSA) is 78.9 Å². The predicted molar refractivity (Wildman–Crippen MR) is 94.7 cm³/mol. The van der Waals surface area contributed by atoms with Crippen LogP contribution in [0.1, 0.15) is 25.3 Å².